The van der Waals surface area contributed by atoms with E-state index in [9.17, 15) is 9.59 Å². The van der Waals surface area contributed by atoms with Gasteiger partial charge >= 0.3 is 0 Å². The number of rotatable bonds is 4. The molecule has 0 aromatic rings. The zero-order valence-corrected chi connectivity index (χ0v) is 13.1. The molecule has 0 spiro atoms. The summed E-state index contributed by atoms with van der Waals surface area (Å²) in [6.07, 6.45) is 6.36. The van der Waals surface area contributed by atoms with E-state index in [4.69, 9.17) is 0 Å². The molecule has 2 amide bonds. The van der Waals surface area contributed by atoms with Crippen LogP contribution in [0.2, 0.25) is 0 Å². The van der Waals surface area contributed by atoms with Gasteiger partial charge < -0.3 is 10.2 Å². The van der Waals surface area contributed by atoms with Gasteiger partial charge in [-0.2, -0.15) is 0 Å². The third-order valence-corrected chi connectivity index (χ3v) is 5.36. The lowest BCUT2D eigenvalue weighted by Gasteiger charge is -2.43. The van der Waals surface area contributed by atoms with Gasteiger partial charge in [0.1, 0.15) is 5.54 Å². The Balaban J connectivity index is 2.10. The molecule has 0 bridgehead atoms. The molecule has 0 aromatic heterocycles. The van der Waals surface area contributed by atoms with E-state index in [0.29, 0.717) is 24.7 Å². The number of nitrogens with one attached hydrogen (secondary N) is 1. The molecule has 2 atom stereocenters. The summed E-state index contributed by atoms with van der Waals surface area (Å²) in [6.45, 7) is 7.24. The third-order valence-electron chi connectivity index (χ3n) is 5.36. The highest BCUT2D eigenvalue weighted by Gasteiger charge is 2.44. The first kappa shape index (κ1) is 15.3. The van der Waals surface area contributed by atoms with E-state index < -0.39 is 5.54 Å². The van der Waals surface area contributed by atoms with Crippen LogP contribution < -0.4 is 5.32 Å². The maximum atomic E-state index is 12.7. The van der Waals surface area contributed by atoms with Gasteiger partial charge in [0.2, 0.25) is 11.8 Å². The molecule has 2 aliphatic rings. The Morgan fingerprint density at radius 1 is 1.20 bits per heavy atom. The molecule has 1 heterocycles. The summed E-state index contributed by atoms with van der Waals surface area (Å²) in [6, 6.07) is 0. The second-order valence-electron chi connectivity index (χ2n) is 6.54. The van der Waals surface area contributed by atoms with Crippen molar-refractivity contribution in [2.45, 2.75) is 64.8 Å². The maximum Gasteiger partial charge on any atom is 0.248 e. The van der Waals surface area contributed by atoms with Crippen LogP contribution in [0, 0.1) is 11.8 Å². The van der Waals surface area contributed by atoms with Gasteiger partial charge in [0.05, 0.1) is 6.54 Å². The first-order valence-corrected chi connectivity index (χ1v) is 8.12. The largest absolute Gasteiger partial charge is 0.340 e. The van der Waals surface area contributed by atoms with Crippen LogP contribution in [0.25, 0.3) is 0 Å². The number of nitrogens with zero attached hydrogens (tertiary/aromatic N) is 1. The minimum absolute atomic E-state index is 0.00300. The molecule has 4 heteroatoms. The molecule has 2 fully saturated rings. The van der Waals surface area contributed by atoms with Crippen LogP contribution in [0.15, 0.2) is 0 Å². The highest BCUT2D eigenvalue weighted by atomic mass is 16.2. The minimum Gasteiger partial charge on any atom is -0.340 e. The van der Waals surface area contributed by atoms with Gasteiger partial charge in [-0.15, -0.1) is 0 Å². The van der Waals surface area contributed by atoms with Crippen molar-refractivity contribution >= 4 is 11.8 Å². The van der Waals surface area contributed by atoms with Gasteiger partial charge in [-0.3, -0.25) is 9.59 Å². The van der Waals surface area contributed by atoms with Crippen LogP contribution in [0.3, 0.4) is 0 Å². The lowest BCUT2D eigenvalue weighted by atomic mass is 9.79. The molecule has 0 aromatic carbocycles. The molecule has 114 valence electrons. The topological polar surface area (TPSA) is 49.4 Å². The van der Waals surface area contributed by atoms with Gasteiger partial charge in [-0.1, -0.05) is 40.0 Å². The van der Waals surface area contributed by atoms with Gasteiger partial charge in [-0.25, -0.2) is 0 Å². The summed E-state index contributed by atoms with van der Waals surface area (Å²) in [5, 5.41) is 2.93. The highest BCUT2D eigenvalue weighted by Crippen LogP contribution is 2.31. The van der Waals surface area contributed by atoms with Gasteiger partial charge in [0.15, 0.2) is 0 Å². The molecular formula is C16H28N2O2. The second-order valence-corrected chi connectivity index (χ2v) is 6.54. The molecule has 0 radical (unpaired) electrons. The number of carbonyl (C=O) groups excluding carboxylic acids is 2. The van der Waals surface area contributed by atoms with Crippen molar-refractivity contribution in [2.75, 3.05) is 13.1 Å². The Kier molecular flexibility index (Phi) is 4.71. The molecular weight excluding hydrogens is 252 g/mol. The SMILES string of the molecule is CCC1(CC)NC(=O)CN(CC2CCCCC2C)C1=O. The lowest BCUT2D eigenvalue weighted by Crippen LogP contribution is -2.66. The Labute approximate surface area is 122 Å². The molecule has 1 N–H and O–H groups in total. The van der Waals surface area contributed by atoms with Crippen molar-refractivity contribution in [2.24, 2.45) is 11.8 Å². The molecule has 1 aliphatic carbocycles. The smallest absolute Gasteiger partial charge is 0.248 e. The predicted molar refractivity (Wildman–Crippen MR) is 79.2 cm³/mol. The standard InChI is InChI=1S/C16H28N2O2/c1-4-16(5-2)15(20)18(11-14(19)17-16)10-13-9-7-6-8-12(13)3/h12-13H,4-11H2,1-3H3,(H,17,19). The molecule has 2 rings (SSSR count). The van der Waals surface area contributed by atoms with Crippen LogP contribution in [-0.4, -0.2) is 35.3 Å². The fourth-order valence-electron chi connectivity index (χ4n) is 3.73. The van der Waals surface area contributed by atoms with Crippen LogP contribution in [0.5, 0.6) is 0 Å². The number of amides is 2. The molecule has 1 aliphatic heterocycles. The number of carbonyl (C=O) groups is 2. The van der Waals surface area contributed by atoms with E-state index in [0.717, 1.165) is 6.54 Å². The van der Waals surface area contributed by atoms with E-state index >= 15 is 0 Å². The van der Waals surface area contributed by atoms with Crippen LogP contribution in [0.4, 0.5) is 0 Å². The maximum absolute atomic E-state index is 12.7. The van der Waals surface area contributed by atoms with Gasteiger partial charge in [-0.05, 0) is 31.1 Å². The average molecular weight is 280 g/mol. The van der Waals surface area contributed by atoms with E-state index in [1.54, 1.807) is 0 Å². The Bertz CT molecular complexity index is 377. The van der Waals surface area contributed by atoms with Crippen molar-refractivity contribution in [1.82, 2.24) is 10.2 Å². The summed E-state index contributed by atoms with van der Waals surface area (Å²) < 4.78 is 0. The minimum atomic E-state index is -0.659. The zero-order chi connectivity index (χ0) is 14.8. The molecule has 4 nitrogen and oxygen atoms in total. The van der Waals surface area contributed by atoms with Crippen LogP contribution >= 0.6 is 0 Å². The van der Waals surface area contributed by atoms with Crippen molar-refractivity contribution < 1.29 is 9.59 Å². The van der Waals surface area contributed by atoms with E-state index in [-0.39, 0.29) is 18.4 Å². The molecule has 1 saturated carbocycles. The first-order chi connectivity index (χ1) is 9.52. The van der Waals surface area contributed by atoms with Gasteiger partial charge in [0.25, 0.3) is 0 Å². The van der Waals surface area contributed by atoms with Crippen LogP contribution in [0.1, 0.15) is 59.3 Å². The summed E-state index contributed by atoms with van der Waals surface area (Å²) >= 11 is 0. The highest BCUT2D eigenvalue weighted by molar-refractivity contribution is 5.97. The lowest BCUT2D eigenvalue weighted by molar-refractivity contribution is -0.151. The summed E-state index contributed by atoms with van der Waals surface area (Å²) in [7, 11) is 0. The van der Waals surface area contributed by atoms with Crippen molar-refractivity contribution in [3.8, 4) is 0 Å². The normalized spacial score (nSPS) is 30.2. The van der Waals surface area contributed by atoms with Crippen LogP contribution in [-0.2, 0) is 9.59 Å². The quantitative estimate of drug-likeness (QED) is 0.859. The molecule has 2 unspecified atom stereocenters. The average Bonchev–Trinajstić information content (AvgIpc) is 2.45. The number of hydrogen-bond donors (Lipinski definition) is 1. The monoisotopic (exact) mass is 280 g/mol. The molecule has 1 saturated heterocycles. The summed E-state index contributed by atoms with van der Waals surface area (Å²) in [5.74, 6) is 1.35. The van der Waals surface area contributed by atoms with Crippen molar-refractivity contribution in [3.63, 3.8) is 0 Å². The fraction of sp³-hybridized carbons (Fsp3) is 0.875. The summed E-state index contributed by atoms with van der Waals surface area (Å²) in [5.41, 5.74) is -0.659. The second kappa shape index (κ2) is 6.15. The van der Waals surface area contributed by atoms with Crippen molar-refractivity contribution in [3.05, 3.63) is 0 Å². The Morgan fingerprint density at radius 3 is 2.45 bits per heavy atom. The predicted octanol–water partition coefficient (Wildman–Crippen LogP) is 2.33. The Hall–Kier alpha value is -1.06. The van der Waals surface area contributed by atoms with E-state index in [1.165, 1.54) is 25.7 Å². The van der Waals surface area contributed by atoms with Gasteiger partial charge in [0, 0.05) is 6.54 Å². The van der Waals surface area contributed by atoms with Crippen molar-refractivity contribution in [1.29, 1.82) is 0 Å². The number of hydrogen-bond acceptors (Lipinski definition) is 2. The fourth-order valence-corrected chi connectivity index (χ4v) is 3.73. The molecule has 20 heavy (non-hydrogen) atoms. The number of piperazine rings is 1. The Morgan fingerprint density at radius 2 is 1.85 bits per heavy atom. The third kappa shape index (κ3) is 2.84. The first-order valence-electron chi connectivity index (χ1n) is 8.12. The summed E-state index contributed by atoms with van der Waals surface area (Å²) in [4.78, 5) is 26.5. The van der Waals surface area contributed by atoms with E-state index in [1.807, 2.05) is 18.7 Å². The van der Waals surface area contributed by atoms with E-state index in [2.05, 4.69) is 12.2 Å². The zero-order valence-electron chi connectivity index (χ0n) is 13.1.